The number of benzene rings is 2. The van der Waals surface area contributed by atoms with E-state index in [1.165, 1.54) is 30.3 Å². The average molecular weight is 359 g/mol. The average Bonchev–Trinajstić information content (AvgIpc) is 2.60. The van der Waals surface area contributed by atoms with Gasteiger partial charge in [0.1, 0.15) is 11.6 Å². The van der Waals surface area contributed by atoms with Crippen LogP contribution in [0.1, 0.15) is 5.56 Å². The minimum Gasteiger partial charge on any atom is -0.321 e. The number of nitriles is 1. The minimum atomic E-state index is -5.01. The van der Waals surface area contributed by atoms with Gasteiger partial charge in [-0.05, 0) is 35.9 Å². The quantitative estimate of drug-likeness (QED) is 0.645. The highest BCUT2D eigenvalue weighted by Gasteiger charge is 2.38. The molecule has 0 spiro atoms. The third-order valence-electron chi connectivity index (χ3n) is 3.11. The van der Waals surface area contributed by atoms with Crippen molar-refractivity contribution < 1.29 is 22.8 Å². The number of carbonyl (C=O) groups excluding carboxylic acids is 2. The zero-order valence-corrected chi connectivity index (χ0v) is 13.2. The van der Waals surface area contributed by atoms with Crippen LogP contribution in [-0.2, 0) is 9.59 Å². The lowest BCUT2D eigenvalue weighted by Gasteiger charge is -2.08. The third-order valence-corrected chi connectivity index (χ3v) is 3.11. The minimum absolute atomic E-state index is 0.109. The molecular weight excluding hydrogens is 347 g/mol. The molecule has 0 aromatic heterocycles. The first-order valence-electron chi connectivity index (χ1n) is 7.26. The van der Waals surface area contributed by atoms with Crippen molar-refractivity contribution in [3.05, 3.63) is 65.7 Å². The topological polar surface area (TPSA) is 82.0 Å². The molecule has 0 radical (unpaired) electrons. The van der Waals surface area contributed by atoms with Crippen LogP contribution < -0.4 is 10.6 Å². The predicted octanol–water partition coefficient (Wildman–Crippen LogP) is 3.73. The Morgan fingerprint density at radius 2 is 1.62 bits per heavy atom. The van der Waals surface area contributed by atoms with Gasteiger partial charge < -0.3 is 10.6 Å². The number of alkyl halides is 3. The summed E-state index contributed by atoms with van der Waals surface area (Å²) in [5, 5.41) is 13.4. The van der Waals surface area contributed by atoms with Crippen molar-refractivity contribution >= 4 is 29.3 Å². The summed E-state index contributed by atoms with van der Waals surface area (Å²) in [6, 6.07) is 15.5. The molecule has 2 N–H and O–H groups in total. The summed E-state index contributed by atoms with van der Waals surface area (Å²) >= 11 is 0. The molecule has 0 heterocycles. The Hall–Kier alpha value is -3.60. The molecule has 26 heavy (non-hydrogen) atoms. The predicted molar refractivity (Wildman–Crippen MR) is 89.8 cm³/mol. The Morgan fingerprint density at radius 1 is 0.962 bits per heavy atom. The van der Waals surface area contributed by atoms with Crippen molar-refractivity contribution in [3.8, 4) is 6.07 Å². The first-order valence-corrected chi connectivity index (χ1v) is 7.26. The molecule has 0 aliphatic heterocycles. The number of halogens is 3. The van der Waals surface area contributed by atoms with Crippen LogP contribution in [0.4, 0.5) is 24.5 Å². The van der Waals surface area contributed by atoms with E-state index < -0.39 is 18.0 Å². The molecule has 0 atom stereocenters. The fraction of sp³-hybridized carbons (Fsp3) is 0.0556. The SMILES string of the molecule is N#C/C(=C\c1cccc(NC(=O)C(F)(F)F)c1)C(=O)Nc1ccccc1. The molecule has 5 nitrogen and oxygen atoms in total. The molecule has 0 unspecified atom stereocenters. The monoisotopic (exact) mass is 359 g/mol. The lowest BCUT2D eigenvalue weighted by atomic mass is 10.1. The molecule has 2 aromatic rings. The van der Waals surface area contributed by atoms with Crippen LogP contribution in [0.25, 0.3) is 6.08 Å². The molecule has 8 heteroatoms. The van der Waals surface area contributed by atoms with E-state index >= 15 is 0 Å². The normalized spacial score (nSPS) is 11.4. The standard InChI is InChI=1S/C18H12F3N3O2/c19-18(20,21)17(26)24-15-8-4-5-12(10-15)9-13(11-22)16(25)23-14-6-2-1-3-7-14/h1-10H,(H,23,25)(H,24,26)/b13-9+. The summed E-state index contributed by atoms with van der Waals surface area (Å²) < 4.78 is 36.9. The van der Waals surface area contributed by atoms with Crippen LogP contribution in [-0.4, -0.2) is 18.0 Å². The van der Waals surface area contributed by atoms with Crippen LogP contribution in [0.15, 0.2) is 60.2 Å². The highest BCUT2D eigenvalue weighted by Crippen LogP contribution is 2.20. The van der Waals surface area contributed by atoms with Gasteiger partial charge in [-0.3, -0.25) is 9.59 Å². The molecule has 0 bridgehead atoms. The Balaban J connectivity index is 2.18. The Kier molecular flexibility index (Phi) is 5.75. The van der Waals surface area contributed by atoms with Crippen molar-refractivity contribution in [1.82, 2.24) is 0 Å². The van der Waals surface area contributed by atoms with E-state index in [-0.39, 0.29) is 16.8 Å². The zero-order chi connectivity index (χ0) is 19.2. The summed E-state index contributed by atoms with van der Waals surface area (Å²) in [7, 11) is 0. The summed E-state index contributed by atoms with van der Waals surface area (Å²) in [4.78, 5) is 23.1. The van der Waals surface area contributed by atoms with E-state index in [0.29, 0.717) is 5.69 Å². The van der Waals surface area contributed by atoms with E-state index in [0.717, 1.165) is 0 Å². The lowest BCUT2D eigenvalue weighted by Crippen LogP contribution is -2.29. The Labute approximate surface area is 146 Å². The maximum atomic E-state index is 12.3. The second-order valence-electron chi connectivity index (χ2n) is 5.07. The van der Waals surface area contributed by atoms with Gasteiger partial charge in [0.15, 0.2) is 0 Å². The molecular formula is C18H12F3N3O2. The van der Waals surface area contributed by atoms with E-state index in [9.17, 15) is 22.8 Å². The van der Waals surface area contributed by atoms with Gasteiger partial charge in [0.25, 0.3) is 5.91 Å². The number of hydrogen-bond donors (Lipinski definition) is 2. The molecule has 0 fully saturated rings. The summed E-state index contributed by atoms with van der Waals surface area (Å²) in [6.07, 6.45) is -3.80. The molecule has 0 aliphatic carbocycles. The number of rotatable bonds is 4. The largest absolute Gasteiger partial charge is 0.471 e. The van der Waals surface area contributed by atoms with E-state index in [2.05, 4.69) is 5.32 Å². The molecule has 132 valence electrons. The summed E-state index contributed by atoms with van der Waals surface area (Å²) in [5.74, 6) is -2.77. The zero-order valence-electron chi connectivity index (χ0n) is 13.2. The Morgan fingerprint density at radius 3 is 2.23 bits per heavy atom. The van der Waals surface area contributed by atoms with Crippen molar-refractivity contribution in [1.29, 1.82) is 5.26 Å². The van der Waals surface area contributed by atoms with Crippen LogP contribution in [0.5, 0.6) is 0 Å². The number of hydrogen-bond acceptors (Lipinski definition) is 3. The number of amides is 2. The van der Waals surface area contributed by atoms with Crippen LogP contribution in [0.2, 0.25) is 0 Å². The number of nitrogens with zero attached hydrogens (tertiary/aromatic N) is 1. The van der Waals surface area contributed by atoms with E-state index in [1.807, 2.05) is 0 Å². The van der Waals surface area contributed by atoms with Crippen molar-refractivity contribution in [2.24, 2.45) is 0 Å². The summed E-state index contributed by atoms with van der Waals surface area (Å²) in [5.41, 5.74) is 0.421. The molecule has 2 amide bonds. The third kappa shape index (κ3) is 5.21. The molecule has 0 saturated carbocycles. The maximum Gasteiger partial charge on any atom is 0.471 e. The number of nitrogens with one attached hydrogen (secondary N) is 2. The van der Waals surface area contributed by atoms with E-state index in [4.69, 9.17) is 5.26 Å². The van der Waals surface area contributed by atoms with Gasteiger partial charge in [-0.1, -0.05) is 30.3 Å². The van der Waals surface area contributed by atoms with Gasteiger partial charge >= 0.3 is 12.1 Å². The second kappa shape index (κ2) is 7.98. The van der Waals surface area contributed by atoms with Gasteiger partial charge in [0, 0.05) is 11.4 Å². The maximum absolute atomic E-state index is 12.3. The highest BCUT2D eigenvalue weighted by atomic mass is 19.4. The lowest BCUT2D eigenvalue weighted by molar-refractivity contribution is -0.167. The Bertz CT molecular complexity index is 885. The van der Waals surface area contributed by atoms with Crippen molar-refractivity contribution in [3.63, 3.8) is 0 Å². The smallest absolute Gasteiger partial charge is 0.321 e. The first-order chi connectivity index (χ1) is 12.3. The summed E-state index contributed by atoms with van der Waals surface area (Å²) in [6.45, 7) is 0. The van der Waals surface area contributed by atoms with Crippen molar-refractivity contribution in [2.75, 3.05) is 10.6 Å². The van der Waals surface area contributed by atoms with Gasteiger partial charge in [-0.25, -0.2) is 0 Å². The van der Waals surface area contributed by atoms with Crippen molar-refractivity contribution in [2.45, 2.75) is 6.18 Å². The van der Waals surface area contributed by atoms with Crippen LogP contribution >= 0.6 is 0 Å². The molecule has 2 rings (SSSR count). The van der Waals surface area contributed by atoms with Gasteiger partial charge in [0.05, 0.1) is 0 Å². The molecule has 0 aliphatic rings. The fourth-order valence-electron chi connectivity index (χ4n) is 1.94. The second-order valence-corrected chi connectivity index (χ2v) is 5.07. The fourth-order valence-corrected chi connectivity index (χ4v) is 1.94. The highest BCUT2D eigenvalue weighted by molar-refractivity contribution is 6.09. The molecule has 0 saturated heterocycles. The number of para-hydroxylation sites is 1. The van der Waals surface area contributed by atoms with Gasteiger partial charge in [-0.2, -0.15) is 18.4 Å². The van der Waals surface area contributed by atoms with Crippen LogP contribution in [0.3, 0.4) is 0 Å². The number of carbonyl (C=O) groups is 2. The molecule has 2 aromatic carbocycles. The van der Waals surface area contributed by atoms with Gasteiger partial charge in [-0.15, -0.1) is 0 Å². The first kappa shape index (κ1) is 18.7. The number of anilines is 2. The van der Waals surface area contributed by atoms with Gasteiger partial charge in [0.2, 0.25) is 0 Å². The van der Waals surface area contributed by atoms with Crippen LogP contribution in [0, 0.1) is 11.3 Å². The van der Waals surface area contributed by atoms with E-state index in [1.54, 1.807) is 41.7 Å².